The van der Waals surface area contributed by atoms with E-state index in [1.807, 2.05) is 6.92 Å². The maximum Gasteiger partial charge on any atom is 0.307 e. The molecule has 0 aromatic heterocycles. The molecule has 0 aliphatic carbocycles. The van der Waals surface area contributed by atoms with E-state index < -0.39 is 17.8 Å². The number of amides is 1. The molecule has 16 heavy (non-hydrogen) atoms. The van der Waals surface area contributed by atoms with Crippen molar-refractivity contribution in [3.63, 3.8) is 0 Å². The molecule has 0 spiro atoms. The maximum atomic E-state index is 11.5. The summed E-state index contributed by atoms with van der Waals surface area (Å²) in [5.41, 5.74) is 0. The number of carbonyl (C=O) groups is 2. The Morgan fingerprint density at radius 3 is 2.31 bits per heavy atom. The lowest BCUT2D eigenvalue weighted by atomic mass is 9.95. The molecule has 0 rings (SSSR count). The van der Waals surface area contributed by atoms with Crippen LogP contribution in [0.1, 0.15) is 27.2 Å². The zero-order chi connectivity index (χ0) is 12.6. The first-order chi connectivity index (χ1) is 7.50. The van der Waals surface area contributed by atoms with Gasteiger partial charge in [-0.15, -0.1) is 0 Å². The number of rotatable bonds is 8. The molecule has 5 heteroatoms. The standard InChI is InChI=1S/C11H22N2O3/c1-4-12-6-5-7-13-10(14)8(2)9(3)11(15)16/h8-9,12H,4-7H2,1-3H3,(H,13,14)(H,15,16). The predicted octanol–water partition coefficient (Wildman–Crippen LogP) is 0.459. The summed E-state index contributed by atoms with van der Waals surface area (Å²) >= 11 is 0. The highest BCUT2D eigenvalue weighted by molar-refractivity contribution is 5.84. The van der Waals surface area contributed by atoms with E-state index in [1.165, 1.54) is 0 Å². The number of nitrogens with one attached hydrogen (secondary N) is 2. The van der Waals surface area contributed by atoms with E-state index in [1.54, 1.807) is 13.8 Å². The topological polar surface area (TPSA) is 78.4 Å². The predicted molar refractivity (Wildman–Crippen MR) is 62.1 cm³/mol. The van der Waals surface area contributed by atoms with Crippen molar-refractivity contribution in [2.24, 2.45) is 11.8 Å². The van der Waals surface area contributed by atoms with E-state index in [0.29, 0.717) is 6.54 Å². The van der Waals surface area contributed by atoms with Gasteiger partial charge in [0.15, 0.2) is 0 Å². The van der Waals surface area contributed by atoms with Crippen LogP contribution in [0.3, 0.4) is 0 Å². The minimum Gasteiger partial charge on any atom is -0.481 e. The molecule has 0 saturated carbocycles. The average Bonchev–Trinajstić information content (AvgIpc) is 2.26. The van der Waals surface area contributed by atoms with Crippen LogP contribution in [-0.2, 0) is 9.59 Å². The highest BCUT2D eigenvalue weighted by Gasteiger charge is 2.25. The zero-order valence-corrected chi connectivity index (χ0v) is 10.2. The van der Waals surface area contributed by atoms with Crippen molar-refractivity contribution < 1.29 is 14.7 Å². The van der Waals surface area contributed by atoms with Gasteiger partial charge in [0.25, 0.3) is 0 Å². The van der Waals surface area contributed by atoms with Gasteiger partial charge in [-0.3, -0.25) is 9.59 Å². The number of carboxylic acids is 1. The smallest absolute Gasteiger partial charge is 0.307 e. The summed E-state index contributed by atoms with van der Waals surface area (Å²) in [6.07, 6.45) is 0.855. The zero-order valence-electron chi connectivity index (χ0n) is 10.2. The third kappa shape index (κ3) is 5.70. The number of hydrogen-bond acceptors (Lipinski definition) is 3. The van der Waals surface area contributed by atoms with E-state index >= 15 is 0 Å². The Hall–Kier alpha value is -1.10. The Balaban J connectivity index is 3.75. The Morgan fingerprint density at radius 2 is 1.81 bits per heavy atom. The fourth-order valence-corrected chi connectivity index (χ4v) is 1.20. The van der Waals surface area contributed by atoms with Crippen LogP contribution >= 0.6 is 0 Å². The fraction of sp³-hybridized carbons (Fsp3) is 0.818. The van der Waals surface area contributed by atoms with Crippen molar-refractivity contribution in [1.82, 2.24) is 10.6 Å². The molecular weight excluding hydrogens is 208 g/mol. The van der Waals surface area contributed by atoms with E-state index in [2.05, 4.69) is 10.6 Å². The number of carbonyl (C=O) groups excluding carboxylic acids is 1. The number of carboxylic acid groups (broad SMARTS) is 1. The van der Waals surface area contributed by atoms with Gasteiger partial charge in [-0.05, 0) is 19.5 Å². The van der Waals surface area contributed by atoms with Gasteiger partial charge < -0.3 is 15.7 Å². The summed E-state index contributed by atoms with van der Waals surface area (Å²) in [5, 5.41) is 14.6. The summed E-state index contributed by atoms with van der Waals surface area (Å²) < 4.78 is 0. The maximum absolute atomic E-state index is 11.5. The molecule has 0 heterocycles. The number of aliphatic carboxylic acids is 1. The molecule has 2 atom stereocenters. The van der Waals surface area contributed by atoms with Crippen LogP contribution < -0.4 is 10.6 Å². The summed E-state index contributed by atoms with van der Waals surface area (Å²) in [7, 11) is 0. The minimum absolute atomic E-state index is 0.189. The summed E-state index contributed by atoms with van der Waals surface area (Å²) in [4.78, 5) is 22.2. The summed E-state index contributed by atoms with van der Waals surface area (Å²) in [6, 6.07) is 0. The van der Waals surface area contributed by atoms with Crippen LogP contribution in [-0.4, -0.2) is 36.6 Å². The van der Waals surface area contributed by atoms with Gasteiger partial charge in [0.2, 0.25) is 5.91 Å². The molecular formula is C11H22N2O3. The van der Waals surface area contributed by atoms with E-state index in [-0.39, 0.29) is 5.91 Å². The molecule has 0 radical (unpaired) electrons. The normalized spacial score (nSPS) is 14.2. The van der Waals surface area contributed by atoms with Crippen LogP contribution in [0.4, 0.5) is 0 Å². The van der Waals surface area contributed by atoms with Crippen LogP contribution in [0.5, 0.6) is 0 Å². The summed E-state index contributed by atoms with van der Waals surface area (Å²) in [6.45, 7) is 7.57. The lowest BCUT2D eigenvalue weighted by Crippen LogP contribution is -2.36. The van der Waals surface area contributed by atoms with Gasteiger partial charge in [0, 0.05) is 12.5 Å². The third-order valence-corrected chi connectivity index (χ3v) is 2.63. The van der Waals surface area contributed by atoms with Crippen molar-refractivity contribution in [3.05, 3.63) is 0 Å². The molecule has 0 saturated heterocycles. The highest BCUT2D eigenvalue weighted by Crippen LogP contribution is 2.10. The quantitative estimate of drug-likeness (QED) is 0.529. The number of hydrogen-bond donors (Lipinski definition) is 3. The van der Waals surface area contributed by atoms with Crippen LogP contribution in [0.25, 0.3) is 0 Å². The van der Waals surface area contributed by atoms with Gasteiger partial charge in [-0.1, -0.05) is 20.8 Å². The monoisotopic (exact) mass is 230 g/mol. The SMILES string of the molecule is CCNCCCNC(=O)C(C)C(C)C(=O)O. The van der Waals surface area contributed by atoms with Crippen molar-refractivity contribution in [2.75, 3.05) is 19.6 Å². The Kier molecular flexibility index (Phi) is 7.54. The second-order valence-corrected chi connectivity index (χ2v) is 3.91. The Morgan fingerprint density at radius 1 is 1.19 bits per heavy atom. The molecule has 94 valence electrons. The molecule has 0 aliphatic heterocycles. The molecule has 1 amide bonds. The van der Waals surface area contributed by atoms with Crippen LogP contribution in [0, 0.1) is 11.8 Å². The molecule has 5 nitrogen and oxygen atoms in total. The minimum atomic E-state index is -0.935. The highest BCUT2D eigenvalue weighted by atomic mass is 16.4. The van der Waals surface area contributed by atoms with Crippen molar-refractivity contribution >= 4 is 11.9 Å². The lowest BCUT2D eigenvalue weighted by Gasteiger charge is -2.15. The first kappa shape index (κ1) is 14.9. The molecule has 0 bridgehead atoms. The van der Waals surface area contributed by atoms with E-state index in [9.17, 15) is 9.59 Å². The van der Waals surface area contributed by atoms with Gasteiger partial charge in [0.05, 0.1) is 5.92 Å². The van der Waals surface area contributed by atoms with Crippen molar-refractivity contribution in [2.45, 2.75) is 27.2 Å². The summed E-state index contributed by atoms with van der Waals surface area (Å²) in [5.74, 6) is -2.26. The second kappa shape index (κ2) is 8.10. The lowest BCUT2D eigenvalue weighted by molar-refractivity contribution is -0.146. The molecule has 3 N–H and O–H groups in total. The van der Waals surface area contributed by atoms with Crippen LogP contribution in [0.2, 0.25) is 0 Å². The average molecular weight is 230 g/mol. The van der Waals surface area contributed by atoms with Gasteiger partial charge in [0.1, 0.15) is 0 Å². The molecule has 0 aromatic rings. The van der Waals surface area contributed by atoms with Crippen LogP contribution in [0.15, 0.2) is 0 Å². The van der Waals surface area contributed by atoms with Crippen molar-refractivity contribution in [1.29, 1.82) is 0 Å². The molecule has 0 fully saturated rings. The molecule has 0 aliphatic rings. The van der Waals surface area contributed by atoms with E-state index in [0.717, 1.165) is 19.5 Å². The first-order valence-corrected chi connectivity index (χ1v) is 5.72. The molecule has 0 aromatic carbocycles. The largest absolute Gasteiger partial charge is 0.481 e. The molecule has 2 unspecified atom stereocenters. The van der Waals surface area contributed by atoms with Crippen molar-refractivity contribution in [3.8, 4) is 0 Å². The fourth-order valence-electron chi connectivity index (χ4n) is 1.20. The van der Waals surface area contributed by atoms with E-state index in [4.69, 9.17) is 5.11 Å². The second-order valence-electron chi connectivity index (χ2n) is 3.91. The Bertz CT molecular complexity index is 231. The Labute approximate surface area is 96.6 Å². The first-order valence-electron chi connectivity index (χ1n) is 5.72. The van der Waals surface area contributed by atoms with Gasteiger partial charge >= 0.3 is 5.97 Å². The van der Waals surface area contributed by atoms with Gasteiger partial charge in [-0.2, -0.15) is 0 Å². The van der Waals surface area contributed by atoms with Gasteiger partial charge in [-0.25, -0.2) is 0 Å². The third-order valence-electron chi connectivity index (χ3n) is 2.63.